The number of amides is 2. The summed E-state index contributed by atoms with van der Waals surface area (Å²) in [5.41, 5.74) is 4.29. The second-order valence-corrected chi connectivity index (χ2v) is 8.06. The molecule has 0 saturated carbocycles. The first-order valence-electron chi connectivity index (χ1n) is 11.2. The van der Waals surface area contributed by atoms with Crippen molar-refractivity contribution in [1.82, 2.24) is 10.6 Å². The Hall–Kier alpha value is -4.14. The first-order chi connectivity index (χ1) is 16.8. The molecule has 1 aliphatic rings. The van der Waals surface area contributed by atoms with Gasteiger partial charge in [-0.25, -0.2) is 9.59 Å². The van der Waals surface area contributed by atoms with E-state index in [4.69, 9.17) is 4.74 Å². The predicted molar refractivity (Wildman–Crippen MR) is 128 cm³/mol. The molecule has 1 unspecified atom stereocenters. The largest absolute Gasteiger partial charge is 0.480 e. The van der Waals surface area contributed by atoms with E-state index in [0.717, 1.165) is 22.3 Å². The number of benzene rings is 2. The fraction of sp³-hybridized carbons (Fsp3) is 0.308. The average Bonchev–Trinajstić information content (AvgIpc) is 3.18. The number of carbonyl (C=O) groups excluding carboxylic acids is 3. The molecule has 35 heavy (non-hydrogen) atoms. The van der Waals surface area contributed by atoms with Crippen LogP contribution in [0.15, 0.2) is 61.2 Å². The van der Waals surface area contributed by atoms with E-state index in [-0.39, 0.29) is 31.8 Å². The molecule has 9 nitrogen and oxygen atoms in total. The van der Waals surface area contributed by atoms with Gasteiger partial charge < -0.3 is 25.2 Å². The molecule has 0 radical (unpaired) electrons. The lowest BCUT2D eigenvalue weighted by Gasteiger charge is -2.21. The summed E-state index contributed by atoms with van der Waals surface area (Å²) < 4.78 is 9.98. The maximum atomic E-state index is 12.7. The van der Waals surface area contributed by atoms with E-state index in [2.05, 4.69) is 21.9 Å². The number of alkyl carbamates (subject to hydrolysis) is 1. The maximum absolute atomic E-state index is 12.7. The van der Waals surface area contributed by atoms with E-state index < -0.39 is 36.0 Å². The predicted octanol–water partition coefficient (Wildman–Crippen LogP) is 2.99. The second-order valence-electron chi connectivity index (χ2n) is 8.06. The highest BCUT2D eigenvalue weighted by atomic mass is 16.5. The summed E-state index contributed by atoms with van der Waals surface area (Å²) in [5.74, 6) is -2.77. The SMILES string of the molecule is C=CCC(NC(=O)OCC1c2ccccc2-c2ccccc21)C(=O)N[C@@H](CCC(=O)OC)C(=O)O. The van der Waals surface area contributed by atoms with E-state index in [0.29, 0.717) is 0 Å². The smallest absolute Gasteiger partial charge is 0.407 e. The van der Waals surface area contributed by atoms with E-state index in [1.807, 2.05) is 48.5 Å². The number of methoxy groups -OCH3 is 1. The molecule has 2 atom stereocenters. The minimum absolute atomic E-state index is 0.0549. The van der Waals surface area contributed by atoms with Gasteiger partial charge >= 0.3 is 18.0 Å². The third-order valence-electron chi connectivity index (χ3n) is 5.83. The van der Waals surface area contributed by atoms with Gasteiger partial charge in [0.2, 0.25) is 5.91 Å². The Morgan fingerprint density at radius 3 is 2.14 bits per heavy atom. The van der Waals surface area contributed by atoms with Crippen molar-refractivity contribution in [3.63, 3.8) is 0 Å². The summed E-state index contributed by atoms with van der Waals surface area (Å²) >= 11 is 0. The fourth-order valence-corrected chi connectivity index (χ4v) is 4.07. The van der Waals surface area contributed by atoms with E-state index in [1.165, 1.54) is 13.2 Å². The number of hydrogen-bond acceptors (Lipinski definition) is 6. The first-order valence-corrected chi connectivity index (χ1v) is 11.2. The highest BCUT2D eigenvalue weighted by Crippen LogP contribution is 2.44. The number of hydrogen-bond donors (Lipinski definition) is 3. The van der Waals surface area contributed by atoms with Gasteiger partial charge in [-0.1, -0.05) is 54.6 Å². The van der Waals surface area contributed by atoms with Crippen LogP contribution in [0.4, 0.5) is 4.79 Å². The summed E-state index contributed by atoms with van der Waals surface area (Å²) in [5, 5.41) is 14.2. The van der Waals surface area contributed by atoms with Crippen molar-refractivity contribution in [1.29, 1.82) is 0 Å². The zero-order valence-corrected chi connectivity index (χ0v) is 19.4. The molecule has 0 aromatic heterocycles. The van der Waals surface area contributed by atoms with E-state index >= 15 is 0 Å². The quantitative estimate of drug-likeness (QED) is 0.333. The van der Waals surface area contributed by atoms with Gasteiger partial charge in [-0.2, -0.15) is 0 Å². The molecule has 184 valence electrons. The summed E-state index contributed by atoms with van der Waals surface area (Å²) in [6.45, 7) is 3.65. The molecule has 0 spiro atoms. The Balaban J connectivity index is 1.62. The molecule has 9 heteroatoms. The number of aliphatic carboxylic acids is 1. The molecule has 0 heterocycles. The number of carbonyl (C=O) groups is 4. The van der Waals surface area contributed by atoms with Crippen molar-refractivity contribution in [2.45, 2.75) is 37.3 Å². The van der Waals surface area contributed by atoms with Crippen molar-refractivity contribution in [3.05, 3.63) is 72.3 Å². The van der Waals surface area contributed by atoms with Crippen LogP contribution >= 0.6 is 0 Å². The van der Waals surface area contributed by atoms with Gasteiger partial charge in [0, 0.05) is 12.3 Å². The molecule has 3 N–H and O–H groups in total. The fourth-order valence-electron chi connectivity index (χ4n) is 4.07. The Morgan fingerprint density at radius 1 is 1.00 bits per heavy atom. The van der Waals surface area contributed by atoms with Crippen LogP contribution < -0.4 is 10.6 Å². The van der Waals surface area contributed by atoms with Gasteiger partial charge in [0.15, 0.2) is 0 Å². The van der Waals surface area contributed by atoms with Gasteiger partial charge in [-0.05, 0) is 35.1 Å². The Bertz CT molecular complexity index is 1070. The molecule has 2 aromatic rings. The van der Waals surface area contributed by atoms with Crippen LogP contribution in [0.2, 0.25) is 0 Å². The summed E-state index contributed by atoms with van der Waals surface area (Å²) in [6, 6.07) is 13.4. The molecule has 0 bridgehead atoms. The molecular formula is C26H28N2O7. The zero-order valence-electron chi connectivity index (χ0n) is 19.4. The topological polar surface area (TPSA) is 131 Å². The van der Waals surface area contributed by atoms with Crippen LogP contribution in [-0.4, -0.2) is 54.8 Å². The summed E-state index contributed by atoms with van der Waals surface area (Å²) in [4.78, 5) is 48.1. The van der Waals surface area contributed by atoms with Crippen LogP contribution in [-0.2, 0) is 23.9 Å². The minimum atomic E-state index is -1.32. The zero-order chi connectivity index (χ0) is 25.4. The lowest BCUT2D eigenvalue weighted by molar-refractivity contribution is -0.144. The van der Waals surface area contributed by atoms with Crippen molar-refractivity contribution in [3.8, 4) is 11.1 Å². The van der Waals surface area contributed by atoms with Crippen molar-refractivity contribution in [2.24, 2.45) is 0 Å². The van der Waals surface area contributed by atoms with E-state index in [9.17, 15) is 24.3 Å². The van der Waals surface area contributed by atoms with Crippen LogP contribution in [0.5, 0.6) is 0 Å². The monoisotopic (exact) mass is 480 g/mol. The molecular weight excluding hydrogens is 452 g/mol. The molecule has 0 fully saturated rings. The van der Waals surface area contributed by atoms with Crippen LogP contribution in [0, 0.1) is 0 Å². The summed E-state index contributed by atoms with van der Waals surface area (Å²) in [6.07, 6.45) is 0.340. The maximum Gasteiger partial charge on any atom is 0.407 e. The van der Waals surface area contributed by atoms with Gasteiger partial charge in [0.05, 0.1) is 7.11 Å². The lowest BCUT2D eigenvalue weighted by atomic mass is 9.98. The molecule has 2 amide bonds. The molecule has 2 aromatic carbocycles. The lowest BCUT2D eigenvalue weighted by Crippen LogP contribution is -2.51. The number of fused-ring (bicyclic) bond motifs is 3. The molecule has 3 rings (SSSR count). The molecule has 1 aliphatic carbocycles. The number of nitrogens with one attached hydrogen (secondary N) is 2. The standard InChI is InChI=1S/C26H28N2O7/c1-3-8-21(24(30)27-22(25(31)32)13-14-23(29)34-2)28-26(33)35-15-20-18-11-6-4-9-16(18)17-10-5-7-12-19(17)20/h3-7,9-12,20-22H,1,8,13-15H2,2H3,(H,27,30)(H,28,33)(H,31,32)/t21?,22-/m0/s1. The van der Waals surface area contributed by atoms with Crippen LogP contribution in [0.1, 0.15) is 36.3 Å². The van der Waals surface area contributed by atoms with Crippen LogP contribution in [0.3, 0.4) is 0 Å². The number of carboxylic acids is 1. The van der Waals surface area contributed by atoms with Gasteiger partial charge in [0.1, 0.15) is 18.7 Å². The first kappa shape index (κ1) is 25.5. The number of esters is 1. The third kappa shape index (κ3) is 6.26. The van der Waals surface area contributed by atoms with Crippen molar-refractivity contribution < 1.29 is 33.8 Å². The summed E-state index contributed by atoms with van der Waals surface area (Å²) in [7, 11) is 1.19. The minimum Gasteiger partial charge on any atom is -0.480 e. The Morgan fingerprint density at radius 2 is 1.60 bits per heavy atom. The normalized spacial score (nSPS) is 13.5. The number of ether oxygens (including phenoxy) is 2. The van der Waals surface area contributed by atoms with Gasteiger partial charge in [-0.15, -0.1) is 6.58 Å². The van der Waals surface area contributed by atoms with Crippen molar-refractivity contribution >= 4 is 23.9 Å². The highest BCUT2D eigenvalue weighted by molar-refractivity contribution is 5.89. The molecule has 0 saturated heterocycles. The second kappa shape index (κ2) is 11.8. The molecule has 0 aliphatic heterocycles. The highest BCUT2D eigenvalue weighted by Gasteiger charge is 2.30. The Kier molecular flexibility index (Phi) is 8.61. The van der Waals surface area contributed by atoms with Crippen molar-refractivity contribution in [2.75, 3.05) is 13.7 Å². The Labute approximate surface area is 203 Å². The number of rotatable bonds is 11. The van der Waals surface area contributed by atoms with Crippen LogP contribution in [0.25, 0.3) is 11.1 Å². The average molecular weight is 481 g/mol. The van der Waals surface area contributed by atoms with E-state index in [1.54, 1.807) is 0 Å². The van der Waals surface area contributed by atoms with Gasteiger partial charge in [-0.3, -0.25) is 9.59 Å². The van der Waals surface area contributed by atoms with Gasteiger partial charge in [0.25, 0.3) is 0 Å². The third-order valence-corrected chi connectivity index (χ3v) is 5.83. The number of carboxylic acid groups (broad SMARTS) is 1.